The Morgan fingerprint density at radius 1 is 1.14 bits per heavy atom. The van der Waals surface area contributed by atoms with E-state index in [2.05, 4.69) is 15.7 Å². The fourth-order valence-electron chi connectivity index (χ4n) is 2.78. The van der Waals surface area contributed by atoms with Gasteiger partial charge in [0, 0.05) is 25.1 Å². The van der Waals surface area contributed by atoms with Gasteiger partial charge in [-0.1, -0.05) is 19.1 Å². The van der Waals surface area contributed by atoms with E-state index in [0.717, 1.165) is 12.0 Å². The lowest BCUT2D eigenvalue weighted by atomic mass is 10.1. The number of nitrogens with zero attached hydrogens (tertiary/aromatic N) is 3. The Bertz CT molecular complexity index is 858. The molecule has 0 unspecified atom stereocenters. The Kier molecular flexibility index (Phi) is 7.25. The van der Waals surface area contributed by atoms with Gasteiger partial charge in [0.05, 0.1) is 11.5 Å². The molecule has 1 heterocycles. The van der Waals surface area contributed by atoms with Crippen molar-refractivity contribution in [3.8, 4) is 0 Å². The monoisotopic (exact) mass is 387 g/mol. The van der Waals surface area contributed by atoms with Crippen molar-refractivity contribution in [2.45, 2.75) is 40.2 Å². The van der Waals surface area contributed by atoms with Gasteiger partial charge in [-0.2, -0.15) is 5.10 Å². The van der Waals surface area contributed by atoms with Crippen molar-refractivity contribution in [1.82, 2.24) is 20.4 Å². The molecule has 0 aliphatic rings. The summed E-state index contributed by atoms with van der Waals surface area (Å²) in [5, 5.41) is 20.8. The quantitative estimate of drug-likeness (QED) is 0.504. The molecular formula is C19H25N5O4. The fourth-order valence-corrected chi connectivity index (χ4v) is 2.78. The van der Waals surface area contributed by atoms with Crippen LogP contribution in [0.1, 0.15) is 47.1 Å². The van der Waals surface area contributed by atoms with Crippen molar-refractivity contribution in [2.75, 3.05) is 13.1 Å². The summed E-state index contributed by atoms with van der Waals surface area (Å²) in [6.45, 7) is 6.52. The molecule has 2 amide bonds. The van der Waals surface area contributed by atoms with Gasteiger partial charge in [-0.3, -0.25) is 24.4 Å². The molecule has 28 heavy (non-hydrogen) atoms. The average Bonchev–Trinajstić information content (AvgIpc) is 2.93. The number of hydrogen-bond donors (Lipinski definition) is 2. The van der Waals surface area contributed by atoms with Crippen LogP contribution in [-0.2, 0) is 11.3 Å². The Labute approximate surface area is 163 Å². The zero-order chi connectivity index (χ0) is 20.7. The molecule has 0 spiro atoms. The Balaban J connectivity index is 1.93. The predicted octanol–water partition coefficient (Wildman–Crippen LogP) is 2.10. The van der Waals surface area contributed by atoms with Crippen molar-refractivity contribution in [3.05, 3.63) is 56.9 Å². The minimum Gasteiger partial charge on any atom is -0.356 e. The Morgan fingerprint density at radius 2 is 1.82 bits per heavy atom. The maximum atomic E-state index is 12.2. The van der Waals surface area contributed by atoms with Crippen LogP contribution in [0.5, 0.6) is 0 Å². The van der Waals surface area contributed by atoms with Crippen LogP contribution in [0.3, 0.4) is 0 Å². The van der Waals surface area contributed by atoms with Gasteiger partial charge < -0.3 is 10.6 Å². The lowest BCUT2D eigenvalue weighted by molar-refractivity contribution is -0.386. The number of nitro groups is 1. The summed E-state index contributed by atoms with van der Waals surface area (Å²) >= 11 is 0. The summed E-state index contributed by atoms with van der Waals surface area (Å²) in [6.07, 6.45) is 1.11. The molecule has 0 fully saturated rings. The van der Waals surface area contributed by atoms with Crippen LogP contribution in [0.2, 0.25) is 0 Å². The Morgan fingerprint density at radius 3 is 2.39 bits per heavy atom. The molecule has 0 aliphatic heterocycles. The first-order valence-corrected chi connectivity index (χ1v) is 9.15. The topological polar surface area (TPSA) is 119 Å². The first kappa shape index (κ1) is 21.1. The van der Waals surface area contributed by atoms with E-state index in [1.807, 2.05) is 6.92 Å². The highest BCUT2D eigenvalue weighted by Gasteiger charge is 2.21. The third kappa shape index (κ3) is 5.38. The van der Waals surface area contributed by atoms with E-state index in [-0.39, 0.29) is 30.5 Å². The van der Waals surface area contributed by atoms with Gasteiger partial charge in [-0.15, -0.1) is 0 Å². The Hall–Kier alpha value is -3.23. The second-order valence-corrected chi connectivity index (χ2v) is 6.49. The molecule has 1 aromatic carbocycles. The van der Waals surface area contributed by atoms with Gasteiger partial charge in [0.25, 0.3) is 5.91 Å². The maximum Gasteiger partial charge on any atom is 0.312 e. The van der Waals surface area contributed by atoms with Crippen LogP contribution < -0.4 is 10.6 Å². The zero-order valence-corrected chi connectivity index (χ0v) is 16.3. The van der Waals surface area contributed by atoms with E-state index in [9.17, 15) is 19.7 Å². The SMILES string of the molecule is CCCNC(=O)CCNC(=O)c1ccc(Cn2nc(C)c([N+](=O)[O-])c2C)cc1. The summed E-state index contributed by atoms with van der Waals surface area (Å²) in [5.74, 6) is -0.340. The maximum absolute atomic E-state index is 12.2. The van der Waals surface area contributed by atoms with Crippen molar-refractivity contribution in [1.29, 1.82) is 0 Å². The smallest absolute Gasteiger partial charge is 0.312 e. The van der Waals surface area contributed by atoms with Crippen LogP contribution in [0, 0.1) is 24.0 Å². The van der Waals surface area contributed by atoms with Gasteiger partial charge in [0.1, 0.15) is 11.4 Å². The molecule has 2 aromatic rings. The molecule has 2 N–H and O–H groups in total. The van der Waals surface area contributed by atoms with Gasteiger partial charge >= 0.3 is 5.69 Å². The van der Waals surface area contributed by atoms with Crippen LogP contribution in [-0.4, -0.2) is 39.6 Å². The summed E-state index contributed by atoms with van der Waals surface area (Å²) < 4.78 is 1.58. The second kappa shape index (κ2) is 9.63. The van der Waals surface area contributed by atoms with E-state index in [0.29, 0.717) is 30.0 Å². The van der Waals surface area contributed by atoms with E-state index in [1.54, 1.807) is 42.8 Å². The summed E-state index contributed by atoms with van der Waals surface area (Å²) in [5.41, 5.74) is 2.25. The van der Waals surface area contributed by atoms with E-state index in [1.165, 1.54) is 0 Å². The number of aryl methyl sites for hydroxylation is 1. The molecule has 9 heteroatoms. The van der Waals surface area contributed by atoms with Gasteiger partial charge in [0.2, 0.25) is 5.91 Å². The molecule has 1 aromatic heterocycles. The van der Waals surface area contributed by atoms with Gasteiger partial charge in [-0.25, -0.2) is 0 Å². The number of nitrogens with one attached hydrogen (secondary N) is 2. The highest BCUT2D eigenvalue weighted by molar-refractivity contribution is 5.94. The first-order valence-electron chi connectivity index (χ1n) is 9.15. The number of aromatic nitrogens is 2. The number of carbonyl (C=O) groups excluding carboxylic acids is 2. The van der Waals surface area contributed by atoms with Crippen molar-refractivity contribution >= 4 is 17.5 Å². The van der Waals surface area contributed by atoms with E-state index < -0.39 is 4.92 Å². The normalized spacial score (nSPS) is 10.5. The highest BCUT2D eigenvalue weighted by Crippen LogP contribution is 2.22. The zero-order valence-electron chi connectivity index (χ0n) is 16.3. The largest absolute Gasteiger partial charge is 0.356 e. The molecule has 0 saturated carbocycles. The molecule has 0 atom stereocenters. The molecule has 150 valence electrons. The number of carbonyl (C=O) groups is 2. The molecule has 0 aliphatic carbocycles. The lowest BCUT2D eigenvalue weighted by Gasteiger charge is -2.08. The number of rotatable bonds is 9. The van der Waals surface area contributed by atoms with Crippen LogP contribution in [0.4, 0.5) is 5.69 Å². The summed E-state index contributed by atoms with van der Waals surface area (Å²) in [4.78, 5) is 34.3. The minimum atomic E-state index is -0.426. The van der Waals surface area contributed by atoms with E-state index in [4.69, 9.17) is 0 Å². The molecular weight excluding hydrogens is 362 g/mol. The lowest BCUT2D eigenvalue weighted by Crippen LogP contribution is -2.31. The van der Waals surface area contributed by atoms with Crippen molar-refractivity contribution < 1.29 is 14.5 Å². The van der Waals surface area contributed by atoms with Crippen molar-refractivity contribution in [3.63, 3.8) is 0 Å². The molecule has 0 radical (unpaired) electrons. The third-order valence-corrected chi connectivity index (χ3v) is 4.28. The van der Waals surface area contributed by atoms with E-state index >= 15 is 0 Å². The van der Waals surface area contributed by atoms with Crippen LogP contribution in [0.15, 0.2) is 24.3 Å². The standard InChI is InChI=1S/C19H25N5O4/c1-4-10-20-17(25)9-11-21-19(26)16-7-5-15(6-8-16)12-23-14(3)18(24(27)28)13(2)22-23/h5-8H,4,9-12H2,1-3H3,(H,20,25)(H,21,26). The average molecular weight is 387 g/mol. The van der Waals surface area contributed by atoms with Crippen molar-refractivity contribution in [2.24, 2.45) is 0 Å². The third-order valence-electron chi connectivity index (χ3n) is 4.28. The first-order chi connectivity index (χ1) is 13.3. The number of hydrogen-bond acceptors (Lipinski definition) is 5. The molecule has 2 rings (SSSR count). The predicted molar refractivity (Wildman–Crippen MR) is 104 cm³/mol. The molecule has 0 saturated heterocycles. The number of amides is 2. The second-order valence-electron chi connectivity index (χ2n) is 6.49. The van der Waals surface area contributed by atoms with Gasteiger partial charge in [0.15, 0.2) is 0 Å². The van der Waals surface area contributed by atoms with Gasteiger partial charge in [-0.05, 0) is 38.0 Å². The van der Waals surface area contributed by atoms with Crippen LogP contribution >= 0.6 is 0 Å². The number of benzene rings is 1. The fraction of sp³-hybridized carbons (Fsp3) is 0.421. The minimum absolute atomic E-state index is 0.0268. The summed E-state index contributed by atoms with van der Waals surface area (Å²) in [7, 11) is 0. The summed E-state index contributed by atoms with van der Waals surface area (Å²) in [6, 6.07) is 6.93. The molecule has 9 nitrogen and oxygen atoms in total. The van der Waals surface area contributed by atoms with Crippen LogP contribution in [0.25, 0.3) is 0 Å². The molecule has 0 bridgehead atoms. The highest BCUT2D eigenvalue weighted by atomic mass is 16.6.